The number of rotatable bonds is 2. The topological polar surface area (TPSA) is 35.3 Å². The Morgan fingerprint density at radius 1 is 1.89 bits per heavy atom. The van der Waals surface area contributed by atoms with Gasteiger partial charge in [0.1, 0.15) is 0 Å². The van der Waals surface area contributed by atoms with Gasteiger partial charge in [0.05, 0.1) is 12.7 Å². The fourth-order valence-corrected chi connectivity index (χ4v) is 0.582. The zero-order valence-electron chi connectivity index (χ0n) is 4.93. The molecule has 0 spiro atoms. The van der Waals surface area contributed by atoms with E-state index >= 15 is 0 Å². The van der Waals surface area contributed by atoms with E-state index in [0.29, 0.717) is 12.5 Å². The number of halogens is 1. The SMILES string of the molecule is CCOc1cc(Cl)on1. The molecule has 0 aliphatic heterocycles. The molecule has 0 saturated carbocycles. The molecule has 3 nitrogen and oxygen atoms in total. The monoisotopic (exact) mass is 147 g/mol. The predicted molar refractivity (Wildman–Crippen MR) is 32.7 cm³/mol. The van der Waals surface area contributed by atoms with E-state index in [1.807, 2.05) is 6.92 Å². The summed E-state index contributed by atoms with van der Waals surface area (Å²) in [5.74, 6) is 0.433. The van der Waals surface area contributed by atoms with Gasteiger partial charge in [-0.25, -0.2) is 0 Å². The molecule has 0 radical (unpaired) electrons. The third-order valence-electron chi connectivity index (χ3n) is 0.752. The lowest BCUT2D eigenvalue weighted by molar-refractivity contribution is 0.295. The van der Waals surface area contributed by atoms with Crippen LogP contribution in [0.2, 0.25) is 5.22 Å². The van der Waals surface area contributed by atoms with Gasteiger partial charge in [-0.05, 0) is 23.7 Å². The van der Waals surface area contributed by atoms with Gasteiger partial charge in [0.15, 0.2) is 0 Å². The highest BCUT2D eigenvalue weighted by atomic mass is 35.5. The Morgan fingerprint density at radius 3 is 3.11 bits per heavy atom. The summed E-state index contributed by atoms with van der Waals surface area (Å²) in [4.78, 5) is 0. The molecule has 0 atom stereocenters. The number of ether oxygens (including phenoxy) is 1. The van der Waals surface area contributed by atoms with Crippen LogP contribution >= 0.6 is 11.6 Å². The van der Waals surface area contributed by atoms with Crippen LogP contribution in [0.1, 0.15) is 6.92 Å². The van der Waals surface area contributed by atoms with Crippen LogP contribution in [-0.4, -0.2) is 11.8 Å². The minimum atomic E-state index is 0.249. The molecule has 1 aromatic rings. The highest BCUT2D eigenvalue weighted by Gasteiger charge is 1.98. The molecule has 0 aliphatic rings. The Bertz CT molecular complexity index is 187. The van der Waals surface area contributed by atoms with Crippen LogP contribution in [0.25, 0.3) is 0 Å². The molecule has 0 aliphatic carbocycles. The third-order valence-corrected chi connectivity index (χ3v) is 0.930. The van der Waals surface area contributed by atoms with Crippen LogP contribution in [0.15, 0.2) is 10.6 Å². The molecule has 4 heteroatoms. The summed E-state index contributed by atoms with van der Waals surface area (Å²) in [6, 6.07) is 1.52. The van der Waals surface area contributed by atoms with Gasteiger partial charge in [-0.15, -0.1) is 0 Å². The highest BCUT2D eigenvalue weighted by Crippen LogP contribution is 2.14. The van der Waals surface area contributed by atoms with E-state index in [1.165, 1.54) is 6.07 Å². The summed E-state index contributed by atoms with van der Waals surface area (Å²) in [6.45, 7) is 2.44. The number of aromatic nitrogens is 1. The van der Waals surface area contributed by atoms with E-state index < -0.39 is 0 Å². The summed E-state index contributed by atoms with van der Waals surface area (Å²) in [7, 11) is 0. The van der Waals surface area contributed by atoms with Crippen molar-refractivity contribution in [2.45, 2.75) is 6.92 Å². The molecule has 1 rings (SSSR count). The van der Waals surface area contributed by atoms with Crippen LogP contribution < -0.4 is 4.74 Å². The molecule has 0 fully saturated rings. The van der Waals surface area contributed by atoms with Crippen molar-refractivity contribution in [2.75, 3.05) is 6.61 Å². The first-order chi connectivity index (χ1) is 4.33. The van der Waals surface area contributed by atoms with Crippen molar-refractivity contribution in [1.29, 1.82) is 0 Å². The Morgan fingerprint density at radius 2 is 2.67 bits per heavy atom. The van der Waals surface area contributed by atoms with Gasteiger partial charge in [-0.1, -0.05) is 0 Å². The van der Waals surface area contributed by atoms with E-state index in [0.717, 1.165) is 0 Å². The van der Waals surface area contributed by atoms with E-state index in [1.54, 1.807) is 0 Å². The van der Waals surface area contributed by atoms with Crippen LogP contribution in [0.4, 0.5) is 0 Å². The molecule has 1 aromatic heterocycles. The molecule has 9 heavy (non-hydrogen) atoms. The van der Waals surface area contributed by atoms with Gasteiger partial charge in [0, 0.05) is 0 Å². The normalized spacial score (nSPS) is 9.56. The van der Waals surface area contributed by atoms with Crippen molar-refractivity contribution in [3.63, 3.8) is 0 Å². The molecular formula is C5H6ClNO2. The van der Waals surface area contributed by atoms with E-state index in [4.69, 9.17) is 16.3 Å². The number of nitrogens with zero attached hydrogens (tertiary/aromatic N) is 1. The minimum Gasteiger partial charge on any atom is -0.476 e. The molecule has 1 heterocycles. The van der Waals surface area contributed by atoms with Gasteiger partial charge in [0.25, 0.3) is 5.88 Å². The summed E-state index contributed by atoms with van der Waals surface area (Å²) in [5.41, 5.74) is 0. The smallest absolute Gasteiger partial charge is 0.255 e. The first-order valence-corrected chi connectivity index (χ1v) is 2.95. The van der Waals surface area contributed by atoms with Crippen LogP contribution in [0.5, 0.6) is 5.88 Å². The molecule has 0 saturated heterocycles. The fourth-order valence-electron chi connectivity index (χ4n) is 0.454. The van der Waals surface area contributed by atoms with Gasteiger partial charge in [-0.2, -0.15) is 0 Å². The summed E-state index contributed by atoms with van der Waals surface area (Å²) in [6.07, 6.45) is 0. The fraction of sp³-hybridized carbons (Fsp3) is 0.400. The molecular weight excluding hydrogens is 142 g/mol. The van der Waals surface area contributed by atoms with Crippen molar-refractivity contribution in [1.82, 2.24) is 5.16 Å². The van der Waals surface area contributed by atoms with Crippen molar-refractivity contribution in [3.8, 4) is 5.88 Å². The highest BCUT2D eigenvalue weighted by molar-refractivity contribution is 6.28. The Kier molecular flexibility index (Phi) is 1.95. The van der Waals surface area contributed by atoms with Crippen LogP contribution in [0.3, 0.4) is 0 Å². The Labute approximate surface area is 57.5 Å². The van der Waals surface area contributed by atoms with E-state index in [-0.39, 0.29) is 5.22 Å². The van der Waals surface area contributed by atoms with E-state index in [9.17, 15) is 0 Å². The van der Waals surface area contributed by atoms with Gasteiger partial charge >= 0.3 is 0 Å². The van der Waals surface area contributed by atoms with Crippen LogP contribution in [0, 0.1) is 0 Å². The summed E-state index contributed by atoms with van der Waals surface area (Å²) < 4.78 is 9.44. The van der Waals surface area contributed by atoms with E-state index in [2.05, 4.69) is 9.68 Å². The average molecular weight is 148 g/mol. The van der Waals surface area contributed by atoms with Crippen molar-refractivity contribution < 1.29 is 9.26 Å². The summed E-state index contributed by atoms with van der Waals surface area (Å²) >= 11 is 5.39. The second-order valence-electron chi connectivity index (χ2n) is 1.40. The quantitative estimate of drug-likeness (QED) is 0.639. The zero-order chi connectivity index (χ0) is 6.69. The van der Waals surface area contributed by atoms with Crippen molar-refractivity contribution >= 4 is 11.6 Å². The Hall–Kier alpha value is -0.700. The van der Waals surface area contributed by atoms with Gasteiger partial charge < -0.3 is 9.26 Å². The first-order valence-electron chi connectivity index (χ1n) is 2.58. The second kappa shape index (κ2) is 2.73. The number of hydrogen-bond donors (Lipinski definition) is 0. The Balaban J connectivity index is 2.61. The van der Waals surface area contributed by atoms with Gasteiger partial charge in [0.2, 0.25) is 5.22 Å². The lowest BCUT2D eigenvalue weighted by atomic mass is 10.7. The maximum atomic E-state index is 5.39. The minimum absolute atomic E-state index is 0.249. The van der Waals surface area contributed by atoms with Crippen LogP contribution in [-0.2, 0) is 0 Å². The second-order valence-corrected chi connectivity index (χ2v) is 1.77. The molecule has 0 bridgehead atoms. The maximum absolute atomic E-state index is 5.39. The lowest BCUT2D eigenvalue weighted by Crippen LogP contribution is -1.89. The first kappa shape index (κ1) is 6.42. The molecule has 0 amide bonds. The average Bonchev–Trinajstić information content (AvgIpc) is 2.17. The standard InChI is InChI=1S/C5H6ClNO2/c1-2-8-5-3-4(6)9-7-5/h3H,2H2,1H3. The van der Waals surface area contributed by atoms with Gasteiger partial charge in [-0.3, -0.25) is 0 Å². The predicted octanol–water partition coefficient (Wildman–Crippen LogP) is 1.73. The zero-order valence-corrected chi connectivity index (χ0v) is 5.68. The van der Waals surface area contributed by atoms with Crippen molar-refractivity contribution in [2.24, 2.45) is 0 Å². The van der Waals surface area contributed by atoms with Crippen molar-refractivity contribution in [3.05, 3.63) is 11.3 Å². The number of hydrogen-bond acceptors (Lipinski definition) is 3. The molecule has 0 N–H and O–H groups in total. The maximum Gasteiger partial charge on any atom is 0.255 e. The molecule has 50 valence electrons. The summed E-state index contributed by atoms with van der Waals surface area (Å²) in [5, 5.41) is 3.72. The third kappa shape index (κ3) is 1.61. The molecule has 0 aromatic carbocycles. The lowest BCUT2D eigenvalue weighted by Gasteiger charge is -1.90. The molecule has 0 unspecified atom stereocenters. The largest absolute Gasteiger partial charge is 0.476 e.